The molecular formula is C21H21FN4O4. The first-order valence-electron chi connectivity index (χ1n) is 9.57. The molecule has 2 heterocycles. The number of non-ortho nitro benzene ring substituents is 1. The van der Waals surface area contributed by atoms with Crippen LogP contribution in [-0.2, 0) is 0 Å². The molecule has 2 aromatic carbocycles. The Labute approximate surface area is 171 Å². The van der Waals surface area contributed by atoms with Crippen molar-refractivity contribution in [2.24, 2.45) is 0 Å². The van der Waals surface area contributed by atoms with Crippen LogP contribution >= 0.6 is 0 Å². The third-order valence-electron chi connectivity index (χ3n) is 5.60. The summed E-state index contributed by atoms with van der Waals surface area (Å²) < 4.78 is 20.8. The quantitative estimate of drug-likeness (QED) is 0.481. The zero-order valence-electron chi connectivity index (χ0n) is 16.9. The number of ether oxygens (including phenoxy) is 1. The van der Waals surface area contributed by atoms with Crippen molar-refractivity contribution < 1.29 is 14.1 Å². The van der Waals surface area contributed by atoms with Crippen LogP contribution in [0.3, 0.4) is 0 Å². The monoisotopic (exact) mass is 412 g/mol. The minimum Gasteiger partial charge on any atom is -0.494 e. The number of benzene rings is 2. The molecule has 0 amide bonds. The summed E-state index contributed by atoms with van der Waals surface area (Å²) in [7, 11) is 3.32. The molecule has 1 unspecified atom stereocenters. The van der Waals surface area contributed by atoms with Gasteiger partial charge >= 0.3 is 0 Å². The fourth-order valence-corrected chi connectivity index (χ4v) is 4.07. The van der Waals surface area contributed by atoms with Gasteiger partial charge < -0.3 is 4.74 Å². The summed E-state index contributed by atoms with van der Waals surface area (Å²) in [4.78, 5) is 31.2. The van der Waals surface area contributed by atoms with Crippen molar-refractivity contribution in [2.75, 3.05) is 20.7 Å². The van der Waals surface area contributed by atoms with Gasteiger partial charge in [0.2, 0.25) is 0 Å². The number of halogens is 1. The fourth-order valence-electron chi connectivity index (χ4n) is 4.07. The number of aromatic nitrogens is 2. The van der Waals surface area contributed by atoms with Crippen LogP contribution in [0, 0.1) is 22.9 Å². The third kappa shape index (κ3) is 3.21. The van der Waals surface area contributed by atoms with E-state index in [0.717, 1.165) is 19.4 Å². The first kappa shape index (κ1) is 20.0. The number of likely N-dealkylation sites (tertiary alicyclic amines) is 1. The van der Waals surface area contributed by atoms with E-state index in [-0.39, 0.29) is 22.9 Å². The lowest BCUT2D eigenvalue weighted by atomic mass is 10.1. The van der Waals surface area contributed by atoms with E-state index >= 15 is 0 Å². The lowest BCUT2D eigenvalue weighted by Gasteiger charge is -2.23. The van der Waals surface area contributed by atoms with E-state index in [0.29, 0.717) is 22.6 Å². The molecule has 30 heavy (non-hydrogen) atoms. The molecule has 0 spiro atoms. The van der Waals surface area contributed by atoms with Gasteiger partial charge in [-0.25, -0.2) is 9.37 Å². The van der Waals surface area contributed by atoms with E-state index in [1.165, 1.54) is 35.9 Å². The largest absolute Gasteiger partial charge is 0.494 e. The molecule has 0 bridgehead atoms. The van der Waals surface area contributed by atoms with Gasteiger partial charge in [0, 0.05) is 18.2 Å². The second-order valence-electron chi connectivity index (χ2n) is 7.48. The van der Waals surface area contributed by atoms with Crippen LogP contribution in [0.4, 0.5) is 10.1 Å². The van der Waals surface area contributed by atoms with Crippen LogP contribution in [-0.4, -0.2) is 40.1 Å². The third-order valence-corrected chi connectivity index (χ3v) is 5.60. The smallest absolute Gasteiger partial charge is 0.270 e. The summed E-state index contributed by atoms with van der Waals surface area (Å²) in [6.45, 7) is 2.55. The maximum absolute atomic E-state index is 14.4. The SMILES string of the molecule is COc1ccc(-n2c(C3CCCN3C)nc3c(C)cc([N+](=O)[O-])cc3c2=O)cc1F. The van der Waals surface area contributed by atoms with Crippen molar-refractivity contribution >= 4 is 16.6 Å². The highest BCUT2D eigenvalue weighted by molar-refractivity contribution is 5.84. The number of nitro groups is 1. The van der Waals surface area contributed by atoms with Gasteiger partial charge in [-0.3, -0.25) is 24.4 Å². The van der Waals surface area contributed by atoms with Crippen molar-refractivity contribution in [3.8, 4) is 11.4 Å². The Morgan fingerprint density at radius 3 is 2.67 bits per heavy atom. The highest BCUT2D eigenvalue weighted by atomic mass is 19.1. The molecule has 1 aromatic heterocycles. The van der Waals surface area contributed by atoms with Crippen LogP contribution in [0.2, 0.25) is 0 Å². The Morgan fingerprint density at radius 1 is 1.30 bits per heavy atom. The molecule has 0 saturated carbocycles. The number of hydrogen-bond donors (Lipinski definition) is 0. The Hall–Kier alpha value is -3.33. The molecule has 1 aliphatic heterocycles. The van der Waals surface area contributed by atoms with Gasteiger partial charge in [0.1, 0.15) is 5.82 Å². The summed E-state index contributed by atoms with van der Waals surface area (Å²) in [5.41, 5.74) is 0.619. The van der Waals surface area contributed by atoms with Gasteiger partial charge in [0.05, 0.1) is 34.7 Å². The number of methoxy groups -OCH3 is 1. The Balaban J connectivity index is 2.07. The summed E-state index contributed by atoms with van der Waals surface area (Å²) in [5, 5.41) is 11.4. The number of nitro benzene ring substituents is 1. The molecule has 1 atom stereocenters. The maximum Gasteiger partial charge on any atom is 0.270 e. The normalized spacial score (nSPS) is 16.9. The average Bonchev–Trinajstić information content (AvgIpc) is 3.13. The molecule has 3 aromatic rings. The number of nitrogens with zero attached hydrogens (tertiary/aromatic N) is 4. The summed E-state index contributed by atoms with van der Waals surface area (Å²) in [6, 6.07) is 6.77. The van der Waals surface area contributed by atoms with Gasteiger partial charge in [-0.05, 0) is 51.1 Å². The first-order valence-corrected chi connectivity index (χ1v) is 9.57. The predicted octanol–water partition coefficient (Wildman–Crippen LogP) is 3.52. The second kappa shape index (κ2) is 7.49. The zero-order valence-corrected chi connectivity index (χ0v) is 16.9. The van der Waals surface area contributed by atoms with Gasteiger partial charge in [0.25, 0.3) is 11.2 Å². The van der Waals surface area contributed by atoms with Crippen molar-refractivity contribution in [3.05, 3.63) is 68.0 Å². The molecule has 4 rings (SSSR count). The fraction of sp³-hybridized carbons (Fsp3) is 0.333. The van der Waals surface area contributed by atoms with E-state index in [9.17, 15) is 19.3 Å². The van der Waals surface area contributed by atoms with Crippen LogP contribution in [0.1, 0.15) is 30.3 Å². The van der Waals surface area contributed by atoms with Gasteiger partial charge in [-0.1, -0.05) is 0 Å². The molecule has 1 saturated heterocycles. The zero-order chi connectivity index (χ0) is 21.6. The summed E-state index contributed by atoms with van der Waals surface area (Å²) in [5.74, 6) is -0.0523. The number of rotatable bonds is 4. The molecule has 8 nitrogen and oxygen atoms in total. The van der Waals surface area contributed by atoms with Crippen LogP contribution < -0.4 is 10.3 Å². The Kier molecular flexibility index (Phi) is 4.98. The molecule has 156 valence electrons. The van der Waals surface area contributed by atoms with E-state index in [2.05, 4.69) is 4.90 Å². The lowest BCUT2D eigenvalue weighted by Crippen LogP contribution is -2.30. The number of aryl methyl sites for hydroxylation is 1. The molecule has 0 N–H and O–H groups in total. The Morgan fingerprint density at radius 2 is 2.07 bits per heavy atom. The topological polar surface area (TPSA) is 90.5 Å². The first-order chi connectivity index (χ1) is 14.3. The second-order valence-corrected chi connectivity index (χ2v) is 7.48. The highest BCUT2D eigenvalue weighted by Gasteiger charge is 2.29. The van der Waals surface area contributed by atoms with Crippen molar-refractivity contribution in [3.63, 3.8) is 0 Å². The molecule has 9 heteroatoms. The summed E-state index contributed by atoms with van der Waals surface area (Å²) >= 11 is 0. The number of hydrogen-bond acceptors (Lipinski definition) is 6. The maximum atomic E-state index is 14.4. The van der Waals surface area contributed by atoms with Crippen LogP contribution in [0.15, 0.2) is 35.1 Å². The molecule has 0 radical (unpaired) electrons. The van der Waals surface area contributed by atoms with Gasteiger partial charge in [-0.2, -0.15) is 0 Å². The van der Waals surface area contributed by atoms with Crippen molar-refractivity contribution in [1.82, 2.24) is 14.5 Å². The molecule has 0 aliphatic carbocycles. The van der Waals surface area contributed by atoms with E-state index in [1.54, 1.807) is 13.0 Å². The van der Waals surface area contributed by atoms with E-state index < -0.39 is 16.3 Å². The van der Waals surface area contributed by atoms with Crippen molar-refractivity contribution in [2.45, 2.75) is 25.8 Å². The Bertz CT molecular complexity index is 1220. The van der Waals surface area contributed by atoms with Crippen LogP contribution in [0.25, 0.3) is 16.6 Å². The average molecular weight is 412 g/mol. The molecular weight excluding hydrogens is 391 g/mol. The minimum absolute atomic E-state index is 0.0616. The lowest BCUT2D eigenvalue weighted by molar-refractivity contribution is -0.384. The molecule has 1 fully saturated rings. The standard InChI is InChI=1S/C21H21FN4O4/c1-12-9-14(26(28)29)10-15-19(12)23-20(17-5-4-8-24(17)2)25(21(15)27)13-6-7-18(30-3)16(22)11-13/h6-7,9-11,17H,4-5,8H2,1-3H3. The van der Waals surface area contributed by atoms with Gasteiger partial charge in [0.15, 0.2) is 11.6 Å². The van der Waals surface area contributed by atoms with Gasteiger partial charge in [-0.15, -0.1) is 0 Å². The minimum atomic E-state index is -0.608. The molecule has 1 aliphatic rings. The number of fused-ring (bicyclic) bond motifs is 1. The van der Waals surface area contributed by atoms with E-state index in [4.69, 9.17) is 9.72 Å². The van der Waals surface area contributed by atoms with E-state index in [1.807, 2.05) is 7.05 Å². The summed E-state index contributed by atoms with van der Waals surface area (Å²) in [6.07, 6.45) is 1.75. The predicted molar refractivity (Wildman–Crippen MR) is 110 cm³/mol. The highest BCUT2D eigenvalue weighted by Crippen LogP contribution is 2.32. The van der Waals surface area contributed by atoms with Crippen molar-refractivity contribution in [1.29, 1.82) is 0 Å². The van der Waals surface area contributed by atoms with Crippen LogP contribution in [0.5, 0.6) is 5.75 Å².